The number of aromatic nitrogens is 3. The smallest absolute Gasteiger partial charge is 0.236 e. The Labute approximate surface area is 116 Å². The normalized spacial score (nSPS) is 18.6. The average molecular weight is 274 g/mol. The fraction of sp³-hybridized carbons (Fsp3) is 0.462. The van der Waals surface area contributed by atoms with E-state index in [0.29, 0.717) is 6.04 Å². The van der Waals surface area contributed by atoms with Gasteiger partial charge in [-0.1, -0.05) is 0 Å². The van der Waals surface area contributed by atoms with Crippen LogP contribution in [0.1, 0.15) is 30.3 Å². The molecule has 0 aromatic carbocycles. The van der Waals surface area contributed by atoms with Crippen LogP contribution in [0.15, 0.2) is 12.1 Å². The highest BCUT2D eigenvalue weighted by atomic mass is 16.1. The van der Waals surface area contributed by atoms with E-state index in [4.69, 9.17) is 5.73 Å². The largest absolute Gasteiger partial charge is 0.368 e. The topological polar surface area (TPSA) is 97.3 Å². The summed E-state index contributed by atoms with van der Waals surface area (Å²) in [6.07, 6.45) is 2.25. The maximum atomic E-state index is 10.9. The van der Waals surface area contributed by atoms with Crippen molar-refractivity contribution in [2.45, 2.75) is 25.8 Å². The van der Waals surface area contributed by atoms with Crippen LogP contribution in [0.3, 0.4) is 0 Å². The zero-order valence-corrected chi connectivity index (χ0v) is 11.4. The minimum Gasteiger partial charge on any atom is -0.368 e. The van der Waals surface area contributed by atoms with Gasteiger partial charge in [0.25, 0.3) is 0 Å². The highest BCUT2D eigenvalue weighted by molar-refractivity contribution is 5.78. The number of nitrogens with two attached hydrogens (primary N) is 1. The number of nitrogens with one attached hydrogen (secondary N) is 2. The number of carbonyl (C=O) groups is 1. The third-order valence-corrected chi connectivity index (χ3v) is 3.44. The van der Waals surface area contributed by atoms with Gasteiger partial charge in [0.1, 0.15) is 5.82 Å². The SMILES string of the molecule is Cc1cc(NCC(N)=O)n2nc(C3CCCN3)cc2n1. The summed E-state index contributed by atoms with van der Waals surface area (Å²) < 4.78 is 1.73. The lowest BCUT2D eigenvalue weighted by molar-refractivity contribution is -0.116. The number of aryl methyl sites for hydroxylation is 1. The first-order valence-corrected chi connectivity index (χ1v) is 6.76. The minimum atomic E-state index is -0.405. The summed E-state index contributed by atoms with van der Waals surface area (Å²) >= 11 is 0. The summed E-state index contributed by atoms with van der Waals surface area (Å²) in [5, 5.41) is 11.0. The second kappa shape index (κ2) is 5.09. The summed E-state index contributed by atoms with van der Waals surface area (Å²) in [5.41, 5.74) is 7.81. The van der Waals surface area contributed by atoms with Crippen LogP contribution in [-0.4, -0.2) is 33.6 Å². The summed E-state index contributed by atoms with van der Waals surface area (Å²) in [4.78, 5) is 15.4. The number of fused-ring (bicyclic) bond motifs is 1. The lowest BCUT2D eigenvalue weighted by Gasteiger charge is -2.07. The van der Waals surface area contributed by atoms with E-state index in [9.17, 15) is 4.79 Å². The van der Waals surface area contributed by atoms with Crippen molar-refractivity contribution in [3.8, 4) is 0 Å². The van der Waals surface area contributed by atoms with Crippen molar-refractivity contribution in [3.05, 3.63) is 23.5 Å². The fourth-order valence-electron chi connectivity index (χ4n) is 2.53. The van der Waals surface area contributed by atoms with E-state index in [0.717, 1.165) is 42.2 Å². The molecule has 0 spiro atoms. The second-order valence-corrected chi connectivity index (χ2v) is 5.09. The van der Waals surface area contributed by atoms with E-state index in [1.165, 1.54) is 0 Å². The number of anilines is 1. The maximum Gasteiger partial charge on any atom is 0.236 e. The first-order valence-electron chi connectivity index (χ1n) is 6.76. The molecule has 20 heavy (non-hydrogen) atoms. The van der Waals surface area contributed by atoms with Crippen LogP contribution < -0.4 is 16.4 Å². The van der Waals surface area contributed by atoms with Crippen LogP contribution in [0, 0.1) is 6.92 Å². The van der Waals surface area contributed by atoms with Gasteiger partial charge in [0.15, 0.2) is 5.65 Å². The molecule has 1 unspecified atom stereocenters. The molecule has 0 aliphatic carbocycles. The quantitative estimate of drug-likeness (QED) is 0.748. The van der Waals surface area contributed by atoms with E-state index in [-0.39, 0.29) is 6.54 Å². The molecule has 1 fully saturated rings. The lowest BCUT2D eigenvalue weighted by Crippen LogP contribution is -2.23. The van der Waals surface area contributed by atoms with Gasteiger partial charge in [0.2, 0.25) is 5.91 Å². The van der Waals surface area contributed by atoms with Crippen molar-refractivity contribution in [1.82, 2.24) is 19.9 Å². The third kappa shape index (κ3) is 2.44. The van der Waals surface area contributed by atoms with E-state index < -0.39 is 5.91 Å². The van der Waals surface area contributed by atoms with Gasteiger partial charge >= 0.3 is 0 Å². The Balaban J connectivity index is 1.98. The molecule has 3 rings (SSSR count). The first-order chi connectivity index (χ1) is 9.63. The van der Waals surface area contributed by atoms with Crippen molar-refractivity contribution in [3.63, 3.8) is 0 Å². The molecule has 1 aliphatic heterocycles. The molecule has 0 saturated carbocycles. The molecule has 2 aromatic rings. The molecule has 1 aliphatic rings. The zero-order valence-electron chi connectivity index (χ0n) is 11.4. The monoisotopic (exact) mass is 274 g/mol. The molecule has 1 saturated heterocycles. The minimum absolute atomic E-state index is 0.0788. The number of rotatable bonds is 4. The van der Waals surface area contributed by atoms with Crippen LogP contribution in [0.5, 0.6) is 0 Å². The molecular formula is C13H18N6O. The lowest BCUT2D eigenvalue weighted by atomic mass is 10.2. The highest BCUT2D eigenvalue weighted by Gasteiger charge is 2.20. The Morgan fingerprint density at radius 3 is 3.15 bits per heavy atom. The highest BCUT2D eigenvalue weighted by Crippen LogP contribution is 2.24. The molecular weight excluding hydrogens is 256 g/mol. The van der Waals surface area contributed by atoms with Gasteiger partial charge in [-0.3, -0.25) is 4.79 Å². The fourth-order valence-corrected chi connectivity index (χ4v) is 2.53. The summed E-state index contributed by atoms with van der Waals surface area (Å²) in [6, 6.07) is 4.14. The van der Waals surface area contributed by atoms with Crippen LogP contribution >= 0.6 is 0 Å². The molecule has 1 amide bonds. The molecule has 0 bridgehead atoms. The van der Waals surface area contributed by atoms with Crippen LogP contribution in [0.25, 0.3) is 5.65 Å². The summed E-state index contributed by atoms with van der Waals surface area (Å²) in [5.74, 6) is 0.327. The van der Waals surface area contributed by atoms with E-state index >= 15 is 0 Å². The van der Waals surface area contributed by atoms with Gasteiger partial charge in [-0.15, -0.1) is 0 Å². The predicted molar refractivity (Wildman–Crippen MR) is 75.4 cm³/mol. The molecule has 7 nitrogen and oxygen atoms in total. The van der Waals surface area contributed by atoms with Crippen molar-refractivity contribution >= 4 is 17.4 Å². The van der Waals surface area contributed by atoms with Gasteiger partial charge < -0.3 is 16.4 Å². The first kappa shape index (κ1) is 12.9. The number of nitrogens with zero attached hydrogens (tertiary/aromatic N) is 3. The van der Waals surface area contributed by atoms with E-state index in [1.807, 2.05) is 19.1 Å². The number of carbonyl (C=O) groups excluding carboxylic acids is 1. The number of hydrogen-bond acceptors (Lipinski definition) is 5. The van der Waals surface area contributed by atoms with Crippen molar-refractivity contribution in [2.75, 3.05) is 18.4 Å². The van der Waals surface area contributed by atoms with Gasteiger partial charge in [0, 0.05) is 17.8 Å². The molecule has 106 valence electrons. The number of primary amides is 1. The van der Waals surface area contributed by atoms with Crippen molar-refractivity contribution in [1.29, 1.82) is 0 Å². The zero-order chi connectivity index (χ0) is 14.1. The number of hydrogen-bond donors (Lipinski definition) is 3. The van der Waals surface area contributed by atoms with E-state index in [2.05, 4.69) is 20.7 Å². The molecule has 2 aromatic heterocycles. The molecule has 4 N–H and O–H groups in total. The molecule has 1 atom stereocenters. The standard InChI is InChI=1S/C13H18N6O/c1-8-5-12(16-7-11(14)20)19-13(17-8)6-10(18-19)9-3-2-4-15-9/h5-6,9,15-16H,2-4,7H2,1H3,(H2,14,20). The molecule has 7 heteroatoms. The van der Waals surface area contributed by atoms with Gasteiger partial charge in [-0.25, -0.2) is 4.98 Å². The third-order valence-electron chi connectivity index (χ3n) is 3.44. The Kier molecular flexibility index (Phi) is 3.27. The number of amides is 1. The Hall–Kier alpha value is -2.15. The van der Waals surface area contributed by atoms with E-state index in [1.54, 1.807) is 4.52 Å². The van der Waals surface area contributed by atoms with Gasteiger partial charge in [0.05, 0.1) is 18.3 Å². The Morgan fingerprint density at radius 2 is 2.45 bits per heavy atom. The Morgan fingerprint density at radius 1 is 1.60 bits per heavy atom. The van der Waals surface area contributed by atoms with Crippen molar-refractivity contribution < 1.29 is 4.79 Å². The van der Waals surface area contributed by atoms with Crippen LogP contribution in [0.2, 0.25) is 0 Å². The predicted octanol–water partition coefficient (Wildman–Crippen LogP) is 0.359. The maximum absolute atomic E-state index is 10.9. The van der Waals surface area contributed by atoms with Crippen LogP contribution in [-0.2, 0) is 4.79 Å². The van der Waals surface area contributed by atoms with Crippen molar-refractivity contribution in [2.24, 2.45) is 5.73 Å². The van der Waals surface area contributed by atoms with Gasteiger partial charge in [-0.2, -0.15) is 9.61 Å². The summed E-state index contributed by atoms with van der Waals surface area (Å²) in [6.45, 7) is 3.02. The molecule has 0 radical (unpaired) electrons. The average Bonchev–Trinajstić information content (AvgIpc) is 3.03. The van der Waals surface area contributed by atoms with Crippen LogP contribution in [0.4, 0.5) is 5.82 Å². The molecule has 3 heterocycles. The summed E-state index contributed by atoms with van der Waals surface area (Å²) in [7, 11) is 0. The second-order valence-electron chi connectivity index (χ2n) is 5.09. The Bertz CT molecular complexity index is 644. The van der Waals surface area contributed by atoms with Gasteiger partial charge in [-0.05, 0) is 26.3 Å².